The van der Waals surface area contributed by atoms with E-state index in [1.807, 2.05) is 30.3 Å². The molecular formula is C21H28O3Si. The molecule has 3 rings (SSSR count). The van der Waals surface area contributed by atoms with Crippen molar-refractivity contribution in [3.8, 4) is 5.75 Å². The molecule has 4 atom stereocenters. The predicted octanol–water partition coefficient (Wildman–Crippen LogP) is 3.68. The van der Waals surface area contributed by atoms with Gasteiger partial charge in [-0.05, 0) is 24.1 Å². The van der Waals surface area contributed by atoms with Crippen molar-refractivity contribution in [3.63, 3.8) is 0 Å². The first-order valence-corrected chi connectivity index (χ1v) is 12.0. The van der Waals surface area contributed by atoms with Crippen LogP contribution in [0.3, 0.4) is 0 Å². The SMILES string of the molecule is COc1ccc([C@H]2O[C@@H]([Si](C)(C)c3ccccc3)C[C@@H](O)[C@H]2C)cc1. The smallest absolute Gasteiger partial charge is 0.118 e. The van der Waals surface area contributed by atoms with Gasteiger partial charge in [0.05, 0.1) is 25.0 Å². The highest BCUT2D eigenvalue weighted by Gasteiger charge is 2.44. The standard InChI is InChI=1S/C21H28O3Si/c1-15-19(22)14-20(25(3,4)18-8-6-5-7-9-18)24-21(15)16-10-12-17(23-2)13-11-16/h5-13,15,19-22H,14H2,1-4H3/t15-,19-,20+,21+/m1/s1. The molecule has 25 heavy (non-hydrogen) atoms. The minimum atomic E-state index is -1.85. The molecule has 134 valence electrons. The van der Waals surface area contributed by atoms with Crippen LogP contribution in [0.2, 0.25) is 13.1 Å². The average molecular weight is 357 g/mol. The van der Waals surface area contributed by atoms with Crippen LogP contribution in [0.5, 0.6) is 5.75 Å². The van der Waals surface area contributed by atoms with Gasteiger partial charge < -0.3 is 14.6 Å². The molecule has 1 aliphatic rings. The molecule has 2 aromatic rings. The minimum Gasteiger partial charge on any atom is -0.497 e. The van der Waals surface area contributed by atoms with Gasteiger partial charge in [0.2, 0.25) is 0 Å². The van der Waals surface area contributed by atoms with E-state index in [-0.39, 0.29) is 23.9 Å². The molecule has 1 aliphatic heterocycles. The van der Waals surface area contributed by atoms with Gasteiger partial charge in [0.25, 0.3) is 0 Å². The summed E-state index contributed by atoms with van der Waals surface area (Å²) in [6.45, 7) is 6.74. The van der Waals surface area contributed by atoms with Gasteiger partial charge >= 0.3 is 0 Å². The molecule has 3 nitrogen and oxygen atoms in total. The van der Waals surface area contributed by atoms with E-state index in [9.17, 15) is 5.11 Å². The number of hydrogen-bond donors (Lipinski definition) is 1. The summed E-state index contributed by atoms with van der Waals surface area (Å²) < 4.78 is 11.9. The fourth-order valence-electron chi connectivity index (χ4n) is 3.69. The Labute approximate surface area is 151 Å². The molecule has 0 radical (unpaired) electrons. The van der Waals surface area contributed by atoms with Crippen molar-refractivity contribution >= 4 is 13.3 Å². The Morgan fingerprint density at radius 3 is 2.28 bits per heavy atom. The van der Waals surface area contributed by atoms with Crippen molar-refractivity contribution in [3.05, 3.63) is 60.2 Å². The Balaban J connectivity index is 1.87. The van der Waals surface area contributed by atoms with Gasteiger partial charge in [0.1, 0.15) is 13.8 Å². The Hall–Kier alpha value is -1.62. The zero-order chi connectivity index (χ0) is 18.0. The third kappa shape index (κ3) is 3.66. The molecule has 0 aromatic heterocycles. The lowest BCUT2D eigenvalue weighted by Crippen LogP contribution is -2.58. The highest BCUT2D eigenvalue weighted by atomic mass is 28.3. The summed E-state index contributed by atoms with van der Waals surface area (Å²) in [6.07, 6.45) is 0.276. The molecule has 1 fully saturated rings. The summed E-state index contributed by atoms with van der Waals surface area (Å²) in [5.74, 6) is 0.911. The molecule has 1 N–H and O–H groups in total. The van der Waals surface area contributed by atoms with Crippen LogP contribution in [-0.4, -0.2) is 32.1 Å². The van der Waals surface area contributed by atoms with Crippen LogP contribution in [0.1, 0.15) is 25.0 Å². The normalized spacial score (nSPS) is 27.1. The van der Waals surface area contributed by atoms with Gasteiger partial charge in [0, 0.05) is 5.92 Å². The van der Waals surface area contributed by atoms with Crippen molar-refractivity contribution in [1.29, 1.82) is 0 Å². The zero-order valence-corrected chi connectivity index (χ0v) is 16.5. The summed E-state index contributed by atoms with van der Waals surface area (Å²) in [7, 11) is -0.180. The van der Waals surface area contributed by atoms with Gasteiger partial charge in [-0.15, -0.1) is 0 Å². The van der Waals surface area contributed by atoms with E-state index in [2.05, 4.69) is 44.3 Å². The molecule has 0 bridgehead atoms. The van der Waals surface area contributed by atoms with Crippen LogP contribution < -0.4 is 9.92 Å². The van der Waals surface area contributed by atoms with Gasteiger partial charge in [-0.2, -0.15) is 0 Å². The highest BCUT2D eigenvalue weighted by Crippen LogP contribution is 2.39. The first-order chi connectivity index (χ1) is 11.9. The summed E-state index contributed by atoms with van der Waals surface area (Å²) in [5, 5.41) is 12.1. The van der Waals surface area contributed by atoms with Gasteiger partial charge in [-0.25, -0.2) is 0 Å². The molecule has 1 saturated heterocycles. The highest BCUT2D eigenvalue weighted by molar-refractivity contribution is 6.90. The molecule has 4 heteroatoms. The van der Waals surface area contributed by atoms with Gasteiger partial charge in [-0.3, -0.25) is 0 Å². The second-order valence-electron chi connectivity index (χ2n) is 7.57. The van der Waals surface area contributed by atoms with Crippen molar-refractivity contribution in [2.45, 2.75) is 44.4 Å². The topological polar surface area (TPSA) is 38.7 Å². The van der Waals surface area contributed by atoms with Crippen LogP contribution in [0.25, 0.3) is 0 Å². The largest absolute Gasteiger partial charge is 0.497 e. The van der Waals surface area contributed by atoms with Gasteiger partial charge in [0.15, 0.2) is 0 Å². The first kappa shape index (κ1) is 18.2. The van der Waals surface area contributed by atoms with Crippen LogP contribution in [0.4, 0.5) is 0 Å². The van der Waals surface area contributed by atoms with Crippen molar-refractivity contribution in [2.75, 3.05) is 7.11 Å². The van der Waals surface area contributed by atoms with Crippen LogP contribution >= 0.6 is 0 Å². The predicted molar refractivity (Wildman–Crippen MR) is 104 cm³/mol. The second kappa shape index (κ2) is 7.32. The van der Waals surface area contributed by atoms with Crippen LogP contribution in [0.15, 0.2) is 54.6 Å². The summed E-state index contributed by atoms with van der Waals surface area (Å²) >= 11 is 0. The van der Waals surface area contributed by atoms with Crippen LogP contribution in [0, 0.1) is 5.92 Å². The number of aliphatic hydroxyl groups excluding tert-OH is 1. The Kier molecular flexibility index (Phi) is 5.32. The quantitative estimate of drug-likeness (QED) is 0.850. The van der Waals surface area contributed by atoms with Crippen molar-refractivity contribution in [1.82, 2.24) is 0 Å². The van der Waals surface area contributed by atoms with Crippen LogP contribution in [-0.2, 0) is 4.74 Å². The Morgan fingerprint density at radius 1 is 1.04 bits per heavy atom. The Morgan fingerprint density at radius 2 is 1.68 bits per heavy atom. The Bertz CT molecular complexity index is 684. The maximum atomic E-state index is 10.7. The van der Waals surface area contributed by atoms with E-state index in [1.165, 1.54) is 5.19 Å². The van der Waals surface area contributed by atoms with E-state index >= 15 is 0 Å². The number of benzene rings is 2. The fourth-order valence-corrected chi connectivity index (χ4v) is 6.43. The molecule has 0 saturated carbocycles. The zero-order valence-electron chi connectivity index (χ0n) is 15.5. The number of ether oxygens (including phenoxy) is 2. The molecule has 0 spiro atoms. The lowest BCUT2D eigenvalue weighted by Gasteiger charge is -2.44. The van der Waals surface area contributed by atoms with Crippen molar-refractivity contribution in [2.24, 2.45) is 5.92 Å². The third-order valence-electron chi connectivity index (χ3n) is 5.62. The third-order valence-corrected chi connectivity index (χ3v) is 9.42. The molecule has 0 aliphatic carbocycles. The number of hydrogen-bond acceptors (Lipinski definition) is 3. The molecule has 0 amide bonds. The second-order valence-corrected chi connectivity index (χ2v) is 12.2. The average Bonchev–Trinajstić information content (AvgIpc) is 2.64. The van der Waals surface area contributed by atoms with E-state index < -0.39 is 8.07 Å². The summed E-state index contributed by atoms with van der Waals surface area (Å²) in [6, 6.07) is 18.6. The molecular weight excluding hydrogens is 328 g/mol. The van der Waals surface area contributed by atoms with Gasteiger partial charge in [-0.1, -0.05) is 67.7 Å². The molecule has 2 aromatic carbocycles. The summed E-state index contributed by atoms with van der Waals surface area (Å²) in [4.78, 5) is 0. The molecule has 0 unspecified atom stereocenters. The molecule has 1 heterocycles. The number of rotatable bonds is 4. The lowest BCUT2D eigenvalue weighted by molar-refractivity contribution is -0.108. The lowest BCUT2D eigenvalue weighted by atomic mass is 9.89. The monoisotopic (exact) mass is 356 g/mol. The van der Waals surface area contributed by atoms with Crippen molar-refractivity contribution < 1.29 is 14.6 Å². The van der Waals surface area contributed by atoms with E-state index in [4.69, 9.17) is 9.47 Å². The fraction of sp³-hybridized carbons (Fsp3) is 0.429. The number of aliphatic hydroxyl groups is 1. The number of methoxy groups -OCH3 is 1. The van der Waals surface area contributed by atoms with E-state index in [0.29, 0.717) is 6.42 Å². The first-order valence-electron chi connectivity index (χ1n) is 8.96. The maximum Gasteiger partial charge on any atom is 0.118 e. The minimum absolute atomic E-state index is 0.0743. The van der Waals surface area contributed by atoms with E-state index in [1.54, 1.807) is 7.11 Å². The summed E-state index contributed by atoms with van der Waals surface area (Å²) in [5.41, 5.74) is 1.20. The maximum absolute atomic E-state index is 10.7. The van der Waals surface area contributed by atoms with E-state index in [0.717, 1.165) is 11.3 Å².